The molecule has 0 N–H and O–H groups in total. The van der Waals surface area contributed by atoms with E-state index in [9.17, 15) is 10.1 Å². The first kappa shape index (κ1) is 14.6. The van der Waals surface area contributed by atoms with Crippen LogP contribution in [0.25, 0.3) is 0 Å². The first-order valence-electron chi connectivity index (χ1n) is 6.33. The number of aryl methyl sites for hydroxylation is 1. The molecule has 0 aliphatic rings. The van der Waals surface area contributed by atoms with Gasteiger partial charge in [-0.25, -0.2) is 0 Å². The van der Waals surface area contributed by atoms with Crippen LogP contribution in [-0.2, 0) is 6.42 Å². The third-order valence-corrected chi connectivity index (χ3v) is 2.98. The van der Waals surface area contributed by atoms with Gasteiger partial charge in [0.1, 0.15) is 0 Å². The molecule has 0 aliphatic heterocycles. The molecule has 0 fully saturated rings. The first-order chi connectivity index (χ1) is 8.41. The molecule has 0 radical (unpaired) electrons. The van der Waals surface area contributed by atoms with Gasteiger partial charge >= 0.3 is 0 Å². The average molecular weight is 250 g/mol. The normalized spacial score (nSPS) is 11.2. The van der Waals surface area contributed by atoms with Crippen molar-refractivity contribution in [2.24, 2.45) is 0 Å². The van der Waals surface area contributed by atoms with E-state index in [1.807, 2.05) is 40.1 Å². The highest BCUT2D eigenvalue weighted by Gasteiger charge is 2.16. The maximum absolute atomic E-state index is 11.1. The molecule has 1 aromatic rings. The van der Waals surface area contributed by atoms with Crippen molar-refractivity contribution >= 4 is 5.69 Å². The summed E-state index contributed by atoms with van der Waals surface area (Å²) in [6, 6.07) is 5.64. The Morgan fingerprint density at radius 3 is 2.50 bits per heavy atom. The molecule has 1 rings (SSSR count). The van der Waals surface area contributed by atoms with Gasteiger partial charge in [-0.3, -0.25) is 10.1 Å². The van der Waals surface area contributed by atoms with Crippen LogP contribution in [0.3, 0.4) is 0 Å². The minimum absolute atomic E-state index is 0.182. The Morgan fingerprint density at radius 2 is 2.00 bits per heavy atom. The van der Waals surface area contributed by atoms with Gasteiger partial charge in [0.2, 0.25) is 0 Å². The quantitative estimate of drug-likeness (QED) is 0.575. The Morgan fingerprint density at radius 1 is 1.33 bits per heavy atom. The molecule has 18 heavy (non-hydrogen) atoms. The molecule has 4 nitrogen and oxygen atoms in total. The van der Waals surface area contributed by atoms with E-state index >= 15 is 0 Å². The van der Waals surface area contributed by atoms with E-state index in [1.54, 1.807) is 6.07 Å². The number of hydrogen-bond donors (Lipinski definition) is 0. The van der Waals surface area contributed by atoms with Crippen LogP contribution in [-0.4, -0.2) is 30.5 Å². The molecule has 0 saturated carbocycles. The first-order valence-corrected chi connectivity index (χ1v) is 6.33. The Balaban J connectivity index is 2.83. The fourth-order valence-electron chi connectivity index (χ4n) is 1.99. The molecule has 0 amide bonds. The molecule has 0 heterocycles. The second kappa shape index (κ2) is 6.50. The van der Waals surface area contributed by atoms with E-state index in [0.29, 0.717) is 0 Å². The van der Waals surface area contributed by atoms with Crippen molar-refractivity contribution in [2.75, 3.05) is 20.6 Å². The molecule has 0 spiro atoms. The van der Waals surface area contributed by atoms with Crippen LogP contribution >= 0.6 is 0 Å². The third-order valence-electron chi connectivity index (χ3n) is 2.98. The SMILES string of the molecule is CC(C)c1ccc(CCCN(C)C)cc1[N+](=O)[O-]. The second-order valence-electron chi connectivity index (χ2n) is 5.21. The van der Waals surface area contributed by atoms with Crippen LogP contribution in [0.15, 0.2) is 18.2 Å². The van der Waals surface area contributed by atoms with Gasteiger partial charge in [0.05, 0.1) is 4.92 Å². The highest BCUT2D eigenvalue weighted by molar-refractivity contribution is 5.45. The van der Waals surface area contributed by atoms with Crippen molar-refractivity contribution in [3.63, 3.8) is 0 Å². The number of benzene rings is 1. The minimum Gasteiger partial charge on any atom is -0.309 e. The summed E-state index contributed by atoms with van der Waals surface area (Å²) >= 11 is 0. The number of nitro groups is 1. The van der Waals surface area contributed by atoms with Crippen molar-refractivity contribution in [3.8, 4) is 0 Å². The van der Waals surface area contributed by atoms with Crippen molar-refractivity contribution in [3.05, 3.63) is 39.4 Å². The molecular weight excluding hydrogens is 228 g/mol. The van der Waals surface area contributed by atoms with Crippen molar-refractivity contribution in [2.45, 2.75) is 32.6 Å². The summed E-state index contributed by atoms with van der Waals surface area (Å²) in [6.45, 7) is 4.96. The summed E-state index contributed by atoms with van der Waals surface area (Å²) in [5.41, 5.74) is 2.12. The van der Waals surface area contributed by atoms with Crippen LogP contribution in [0, 0.1) is 10.1 Å². The lowest BCUT2D eigenvalue weighted by Gasteiger charge is -2.10. The Labute approximate surface area is 109 Å². The van der Waals surface area contributed by atoms with Crippen LogP contribution in [0.2, 0.25) is 0 Å². The lowest BCUT2D eigenvalue weighted by molar-refractivity contribution is -0.385. The maximum Gasteiger partial charge on any atom is 0.273 e. The summed E-state index contributed by atoms with van der Waals surface area (Å²) in [7, 11) is 4.06. The molecule has 0 atom stereocenters. The predicted molar refractivity (Wildman–Crippen MR) is 74.1 cm³/mol. The average Bonchev–Trinajstić information content (AvgIpc) is 2.28. The molecule has 100 valence electrons. The van der Waals surface area contributed by atoms with E-state index in [1.165, 1.54) is 0 Å². The molecule has 0 aromatic heterocycles. The lowest BCUT2D eigenvalue weighted by atomic mass is 9.98. The van der Waals surface area contributed by atoms with Crippen molar-refractivity contribution < 1.29 is 4.92 Å². The molecule has 0 bridgehead atoms. The molecule has 1 aromatic carbocycles. The fourth-order valence-corrected chi connectivity index (χ4v) is 1.99. The van der Waals surface area contributed by atoms with Gasteiger partial charge < -0.3 is 4.90 Å². The van der Waals surface area contributed by atoms with E-state index in [-0.39, 0.29) is 16.5 Å². The summed E-state index contributed by atoms with van der Waals surface area (Å²) in [6.07, 6.45) is 1.91. The summed E-state index contributed by atoms with van der Waals surface area (Å²) < 4.78 is 0. The standard InChI is InChI=1S/C14H22N2O2/c1-11(2)13-8-7-12(6-5-9-15(3)4)10-14(13)16(17)18/h7-8,10-11H,5-6,9H2,1-4H3. The van der Waals surface area contributed by atoms with E-state index in [4.69, 9.17) is 0 Å². The summed E-state index contributed by atoms with van der Waals surface area (Å²) in [5, 5.41) is 11.1. The van der Waals surface area contributed by atoms with Gasteiger partial charge in [-0.05, 0) is 45.0 Å². The van der Waals surface area contributed by atoms with Crippen LogP contribution in [0.5, 0.6) is 0 Å². The van der Waals surface area contributed by atoms with Gasteiger partial charge in [-0.1, -0.05) is 26.0 Å². The van der Waals surface area contributed by atoms with E-state index in [2.05, 4.69) is 4.90 Å². The van der Waals surface area contributed by atoms with Gasteiger partial charge in [0, 0.05) is 11.6 Å². The largest absolute Gasteiger partial charge is 0.309 e. The van der Waals surface area contributed by atoms with Crippen LogP contribution < -0.4 is 0 Å². The van der Waals surface area contributed by atoms with E-state index in [0.717, 1.165) is 30.5 Å². The number of nitro benzene ring substituents is 1. The second-order valence-corrected chi connectivity index (χ2v) is 5.21. The summed E-state index contributed by atoms with van der Waals surface area (Å²) in [5.74, 6) is 0.182. The Hall–Kier alpha value is -1.42. The number of nitrogens with zero attached hydrogens (tertiary/aromatic N) is 2. The zero-order chi connectivity index (χ0) is 13.7. The van der Waals surface area contributed by atoms with Crippen molar-refractivity contribution in [1.29, 1.82) is 0 Å². The topological polar surface area (TPSA) is 46.4 Å². The van der Waals surface area contributed by atoms with Crippen LogP contribution in [0.4, 0.5) is 5.69 Å². The third kappa shape index (κ3) is 4.11. The summed E-state index contributed by atoms with van der Waals surface area (Å²) in [4.78, 5) is 12.9. The van der Waals surface area contributed by atoms with Gasteiger partial charge in [0.25, 0.3) is 5.69 Å². The fraction of sp³-hybridized carbons (Fsp3) is 0.571. The van der Waals surface area contributed by atoms with Crippen LogP contribution in [0.1, 0.15) is 37.3 Å². The lowest BCUT2D eigenvalue weighted by Crippen LogP contribution is -2.13. The Kier molecular flexibility index (Phi) is 5.28. The monoisotopic (exact) mass is 250 g/mol. The predicted octanol–water partition coefficient (Wildman–Crippen LogP) is 3.21. The minimum atomic E-state index is -0.273. The molecule has 0 unspecified atom stereocenters. The zero-order valence-electron chi connectivity index (χ0n) is 11.6. The van der Waals surface area contributed by atoms with Gasteiger partial charge in [-0.2, -0.15) is 0 Å². The maximum atomic E-state index is 11.1. The molecule has 0 saturated heterocycles. The molecule has 0 aliphatic carbocycles. The smallest absolute Gasteiger partial charge is 0.273 e. The van der Waals surface area contributed by atoms with Gasteiger partial charge in [0.15, 0.2) is 0 Å². The van der Waals surface area contributed by atoms with Crippen molar-refractivity contribution in [1.82, 2.24) is 4.90 Å². The number of rotatable bonds is 6. The molecular formula is C14H22N2O2. The highest BCUT2D eigenvalue weighted by atomic mass is 16.6. The number of hydrogen-bond acceptors (Lipinski definition) is 3. The zero-order valence-corrected chi connectivity index (χ0v) is 11.6. The van der Waals surface area contributed by atoms with Gasteiger partial charge in [-0.15, -0.1) is 0 Å². The Bertz CT molecular complexity index is 414. The highest BCUT2D eigenvalue weighted by Crippen LogP contribution is 2.27. The molecule has 4 heteroatoms. The van der Waals surface area contributed by atoms with E-state index < -0.39 is 0 Å².